The molecule has 0 radical (unpaired) electrons. The molecule has 0 spiro atoms. The fraction of sp³-hybridized carbons (Fsp3) is 0.333. The van der Waals surface area contributed by atoms with Crippen LogP contribution < -0.4 is 0 Å². The van der Waals surface area contributed by atoms with E-state index in [0.29, 0.717) is 10.8 Å². The molecule has 0 N–H and O–H groups in total. The minimum absolute atomic E-state index is 0.513. The van der Waals surface area contributed by atoms with E-state index in [1.165, 1.54) is 18.6 Å². The molecule has 0 saturated carbocycles. The van der Waals surface area contributed by atoms with Crippen molar-refractivity contribution in [3.05, 3.63) is 35.8 Å². The van der Waals surface area contributed by atoms with E-state index in [9.17, 15) is 4.79 Å². The van der Waals surface area contributed by atoms with Gasteiger partial charge < -0.3 is 4.40 Å². The van der Waals surface area contributed by atoms with Gasteiger partial charge in [-0.25, -0.2) is 4.98 Å². The summed E-state index contributed by atoms with van der Waals surface area (Å²) in [7, 11) is 0. The van der Waals surface area contributed by atoms with Gasteiger partial charge in [0.25, 0.3) is 0 Å². The number of thioether (sulfide) groups is 1. The van der Waals surface area contributed by atoms with E-state index in [0.717, 1.165) is 17.6 Å². The first kappa shape index (κ1) is 9.90. The average molecular weight is 232 g/mol. The summed E-state index contributed by atoms with van der Waals surface area (Å²) >= 11 is 1.96. The van der Waals surface area contributed by atoms with Crippen molar-refractivity contribution in [3.63, 3.8) is 0 Å². The summed E-state index contributed by atoms with van der Waals surface area (Å²) < 4.78 is 1.94. The van der Waals surface area contributed by atoms with Crippen LogP contribution >= 0.6 is 11.8 Å². The highest BCUT2D eigenvalue weighted by atomic mass is 32.2. The van der Waals surface area contributed by atoms with E-state index in [1.54, 1.807) is 6.07 Å². The Morgan fingerprint density at radius 1 is 1.56 bits per heavy atom. The molecular weight excluding hydrogens is 220 g/mol. The van der Waals surface area contributed by atoms with Crippen molar-refractivity contribution >= 4 is 23.7 Å². The second kappa shape index (κ2) is 3.94. The predicted octanol–water partition coefficient (Wildman–Crippen LogP) is 2.71. The Balaban J connectivity index is 2.11. The molecule has 0 amide bonds. The average Bonchev–Trinajstić information content (AvgIpc) is 2.96. The number of carbonyl (C=O) groups is 1. The number of hydrogen-bond donors (Lipinski definition) is 0. The van der Waals surface area contributed by atoms with Gasteiger partial charge in [0.2, 0.25) is 0 Å². The fourth-order valence-electron chi connectivity index (χ4n) is 2.11. The van der Waals surface area contributed by atoms with E-state index in [4.69, 9.17) is 0 Å². The van der Waals surface area contributed by atoms with E-state index in [2.05, 4.69) is 4.98 Å². The lowest BCUT2D eigenvalue weighted by Gasteiger charge is -2.01. The maximum absolute atomic E-state index is 10.9. The number of aromatic nitrogens is 2. The van der Waals surface area contributed by atoms with E-state index >= 15 is 0 Å². The van der Waals surface area contributed by atoms with Gasteiger partial charge in [-0.2, -0.15) is 11.8 Å². The summed E-state index contributed by atoms with van der Waals surface area (Å²) in [4.78, 5) is 15.5. The minimum atomic E-state index is 0.513. The van der Waals surface area contributed by atoms with Crippen LogP contribution in [0.2, 0.25) is 0 Å². The Kier molecular flexibility index (Phi) is 2.44. The topological polar surface area (TPSA) is 34.4 Å². The van der Waals surface area contributed by atoms with Crippen LogP contribution in [0.3, 0.4) is 0 Å². The zero-order valence-electron chi connectivity index (χ0n) is 8.80. The molecule has 1 saturated heterocycles. The van der Waals surface area contributed by atoms with Crippen molar-refractivity contribution in [3.8, 4) is 0 Å². The van der Waals surface area contributed by atoms with Gasteiger partial charge in [0.05, 0.1) is 11.3 Å². The minimum Gasteiger partial charge on any atom is -0.306 e. The zero-order chi connectivity index (χ0) is 11.0. The first-order valence-corrected chi connectivity index (χ1v) is 6.48. The highest BCUT2D eigenvalue weighted by Gasteiger charge is 2.20. The first-order chi connectivity index (χ1) is 7.88. The van der Waals surface area contributed by atoms with Gasteiger partial charge in [-0.05, 0) is 30.7 Å². The number of fused-ring (bicyclic) bond motifs is 1. The number of hydrogen-bond acceptors (Lipinski definition) is 3. The van der Waals surface area contributed by atoms with Crippen LogP contribution in [0.1, 0.15) is 34.1 Å². The molecule has 1 atom stereocenters. The van der Waals surface area contributed by atoms with Crippen molar-refractivity contribution in [1.82, 2.24) is 9.38 Å². The SMILES string of the molecule is O=Cc1cccn2cc(C3CCCS3)nc12. The maximum atomic E-state index is 10.9. The van der Waals surface area contributed by atoms with Gasteiger partial charge in [-0.1, -0.05) is 0 Å². The second-order valence-electron chi connectivity index (χ2n) is 3.98. The van der Waals surface area contributed by atoms with Crippen LogP contribution in [0.5, 0.6) is 0 Å². The number of rotatable bonds is 2. The highest BCUT2D eigenvalue weighted by Crippen LogP contribution is 2.39. The third-order valence-corrected chi connectivity index (χ3v) is 4.32. The molecule has 16 heavy (non-hydrogen) atoms. The van der Waals surface area contributed by atoms with Gasteiger partial charge in [-0.3, -0.25) is 4.79 Å². The van der Waals surface area contributed by atoms with Gasteiger partial charge in [-0.15, -0.1) is 0 Å². The summed E-state index contributed by atoms with van der Waals surface area (Å²) in [6.45, 7) is 0. The number of imidazole rings is 1. The lowest BCUT2D eigenvalue weighted by molar-refractivity contribution is 0.112. The van der Waals surface area contributed by atoms with Crippen LogP contribution in [0.4, 0.5) is 0 Å². The summed E-state index contributed by atoms with van der Waals surface area (Å²) in [6, 6.07) is 3.69. The molecule has 82 valence electrons. The van der Waals surface area contributed by atoms with Gasteiger partial charge in [0.1, 0.15) is 5.65 Å². The van der Waals surface area contributed by atoms with Crippen molar-refractivity contribution in [1.29, 1.82) is 0 Å². The summed E-state index contributed by atoms with van der Waals surface area (Å²) in [6.07, 6.45) is 7.33. The first-order valence-electron chi connectivity index (χ1n) is 5.43. The van der Waals surface area contributed by atoms with Crippen molar-refractivity contribution in [2.45, 2.75) is 18.1 Å². The molecule has 1 unspecified atom stereocenters. The Morgan fingerprint density at radius 3 is 3.25 bits per heavy atom. The van der Waals surface area contributed by atoms with Crippen molar-refractivity contribution < 1.29 is 4.79 Å². The van der Waals surface area contributed by atoms with Crippen LogP contribution in [-0.2, 0) is 0 Å². The Labute approximate surface area is 97.9 Å². The molecule has 3 nitrogen and oxygen atoms in total. The molecule has 3 rings (SSSR count). The zero-order valence-corrected chi connectivity index (χ0v) is 9.61. The third kappa shape index (κ3) is 1.53. The summed E-state index contributed by atoms with van der Waals surface area (Å²) in [5.74, 6) is 1.22. The van der Waals surface area contributed by atoms with Crippen molar-refractivity contribution in [2.75, 3.05) is 5.75 Å². The van der Waals surface area contributed by atoms with Gasteiger partial charge in [0, 0.05) is 17.6 Å². The van der Waals surface area contributed by atoms with E-state index in [1.807, 2.05) is 34.6 Å². The molecule has 1 aliphatic rings. The Bertz CT molecular complexity index is 529. The molecular formula is C12H12N2OS. The van der Waals surface area contributed by atoms with E-state index in [-0.39, 0.29) is 0 Å². The molecule has 4 heteroatoms. The van der Waals surface area contributed by atoms with Crippen LogP contribution in [0.25, 0.3) is 5.65 Å². The number of nitrogens with zero attached hydrogens (tertiary/aromatic N) is 2. The smallest absolute Gasteiger partial charge is 0.153 e. The normalized spacial score (nSPS) is 20.4. The highest BCUT2D eigenvalue weighted by molar-refractivity contribution is 7.99. The van der Waals surface area contributed by atoms with Crippen LogP contribution in [0.15, 0.2) is 24.5 Å². The van der Waals surface area contributed by atoms with Gasteiger partial charge >= 0.3 is 0 Å². The Hall–Kier alpha value is -1.29. The molecule has 3 heterocycles. The number of aldehydes is 1. The lowest BCUT2D eigenvalue weighted by atomic mass is 10.2. The molecule has 0 aromatic carbocycles. The summed E-state index contributed by atoms with van der Waals surface area (Å²) in [5, 5.41) is 0.513. The van der Waals surface area contributed by atoms with Gasteiger partial charge in [0.15, 0.2) is 6.29 Å². The monoisotopic (exact) mass is 232 g/mol. The molecule has 0 aliphatic carbocycles. The largest absolute Gasteiger partial charge is 0.306 e. The number of carbonyl (C=O) groups excluding carboxylic acids is 1. The second-order valence-corrected chi connectivity index (χ2v) is 5.29. The van der Waals surface area contributed by atoms with Crippen LogP contribution in [-0.4, -0.2) is 21.4 Å². The molecule has 1 fully saturated rings. The molecule has 2 aromatic rings. The standard InChI is InChI=1S/C12H12N2OS/c15-8-9-3-1-5-14-7-10(13-12(9)14)11-4-2-6-16-11/h1,3,5,7-8,11H,2,4,6H2. The molecule has 1 aliphatic heterocycles. The number of pyridine rings is 1. The predicted molar refractivity (Wildman–Crippen MR) is 65.0 cm³/mol. The van der Waals surface area contributed by atoms with E-state index < -0.39 is 0 Å². The third-order valence-electron chi connectivity index (χ3n) is 2.92. The fourth-order valence-corrected chi connectivity index (χ4v) is 3.35. The summed E-state index contributed by atoms with van der Waals surface area (Å²) in [5.41, 5.74) is 2.55. The maximum Gasteiger partial charge on any atom is 0.153 e. The van der Waals surface area contributed by atoms with Crippen molar-refractivity contribution in [2.24, 2.45) is 0 Å². The quantitative estimate of drug-likeness (QED) is 0.747. The molecule has 0 bridgehead atoms. The van der Waals surface area contributed by atoms with Crippen LogP contribution in [0, 0.1) is 0 Å². The Morgan fingerprint density at radius 2 is 2.50 bits per heavy atom. The lowest BCUT2D eigenvalue weighted by Crippen LogP contribution is -1.89. The molecule has 2 aromatic heterocycles.